The third-order valence-corrected chi connectivity index (χ3v) is 4.59. The molecule has 136 valence electrons. The minimum atomic E-state index is -4.03. The zero-order chi connectivity index (χ0) is 18.9. The number of hydrogen-bond donors (Lipinski definition) is 0. The molecule has 1 aliphatic carbocycles. The molecule has 2 nitrogen and oxygen atoms in total. The first kappa shape index (κ1) is 18.3. The Hall–Kier alpha value is -2.50. The van der Waals surface area contributed by atoms with Crippen molar-refractivity contribution in [1.29, 1.82) is 0 Å². The maximum absolute atomic E-state index is 13.6. The van der Waals surface area contributed by atoms with Gasteiger partial charge in [-0.25, -0.2) is 9.97 Å². The molecule has 1 aromatic heterocycles. The van der Waals surface area contributed by atoms with E-state index in [-0.39, 0.29) is 11.1 Å². The van der Waals surface area contributed by atoms with E-state index >= 15 is 0 Å². The normalized spacial score (nSPS) is 17.4. The standard InChI is InChI=1S/C20H18F4N2/c1-13(4-5-14(2)18-25-8-3-9-26-18)15-6-7-16-11-19(21,22)20(23,24)12-17(16)10-15/h3,6-10H,1-2,4-5,11-12H2. The fraction of sp³-hybridized carbons (Fsp3) is 0.300. The number of allylic oxidation sites excluding steroid dienone is 2. The van der Waals surface area contributed by atoms with E-state index in [2.05, 4.69) is 23.1 Å². The average molecular weight is 362 g/mol. The van der Waals surface area contributed by atoms with Gasteiger partial charge in [0.2, 0.25) is 0 Å². The molecular weight excluding hydrogens is 344 g/mol. The molecule has 0 bridgehead atoms. The number of hydrogen-bond acceptors (Lipinski definition) is 2. The Morgan fingerprint density at radius 3 is 2.12 bits per heavy atom. The number of nitrogens with zero attached hydrogens (tertiary/aromatic N) is 2. The highest BCUT2D eigenvalue weighted by Crippen LogP contribution is 2.44. The van der Waals surface area contributed by atoms with Crippen LogP contribution in [-0.4, -0.2) is 21.8 Å². The maximum atomic E-state index is 13.6. The molecule has 0 aliphatic heterocycles. The summed E-state index contributed by atoms with van der Waals surface area (Å²) in [7, 11) is 0. The molecule has 0 radical (unpaired) electrons. The van der Waals surface area contributed by atoms with Crippen LogP contribution in [-0.2, 0) is 12.8 Å². The zero-order valence-corrected chi connectivity index (χ0v) is 14.1. The molecule has 0 saturated heterocycles. The second-order valence-corrected chi connectivity index (χ2v) is 6.53. The lowest BCUT2D eigenvalue weighted by Gasteiger charge is -2.32. The topological polar surface area (TPSA) is 25.8 Å². The van der Waals surface area contributed by atoms with Gasteiger partial charge in [0, 0.05) is 25.2 Å². The van der Waals surface area contributed by atoms with Gasteiger partial charge >= 0.3 is 11.8 Å². The monoisotopic (exact) mass is 362 g/mol. The second kappa shape index (κ2) is 6.67. The van der Waals surface area contributed by atoms with Crippen LogP contribution in [0.1, 0.15) is 35.4 Å². The van der Waals surface area contributed by atoms with E-state index in [1.807, 2.05) is 0 Å². The number of halogens is 4. The van der Waals surface area contributed by atoms with E-state index < -0.39 is 24.7 Å². The van der Waals surface area contributed by atoms with E-state index in [1.165, 1.54) is 6.07 Å². The maximum Gasteiger partial charge on any atom is 0.314 e. The van der Waals surface area contributed by atoms with Crippen LogP contribution in [0.25, 0.3) is 11.1 Å². The number of aromatic nitrogens is 2. The van der Waals surface area contributed by atoms with E-state index in [0.29, 0.717) is 24.2 Å². The molecule has 0 amide bonds. The van der Waals surface area contributed by atoms with Crippen LogP contribution < -0.4 is 0 Å². The molecule has 6 heteroatoms. The van der Waals surface area contributed by atoms with Crippen LogP contribution in [0, 0.1) is 0 Å². The van der Waals surface area contributed by atoms with Crippen LogP contribution in [0.5, 0.6) is 0 Å². The Labute approximate surface area is 149 Å². The molecule has 0 saturated carbocycles. The third kappa shape index (κ3) is 3.54. The smallest absolute Gasteiger partial charge is 0.237 e. The van der Waals surface area contributed by atoms with Gasteiger partial charge in [0.05, 0.1) is 0 Å². The van der Waals surface area contributed by atoms with Crippen LogP contribution in [0.2, 0.25) is 0 Å². The average Bonchev–Trinajstić information content (AvgIpc) is 2.60. The Bertz CT molecular complexity index is 844. The van der Waals surface area contributed by atoms with Gasteiger partial charge in [0.1, 0.15) is 0 Å². The van der Waals surface area contributed by atoms with Crippen molar-refractivity contribution in [2.45, 2.75) is 37.5 Å². The first-order valence-corrected chi connectivity index (χ1v) is 8.20. The number of fused-ring (bicyclic) bond motifs is 1. The minimum absolute atomic E-state index is 0.254. The van der Waals surface area contributed by atoms with Crippen molar-refractivity contribution in [3.63, 3.8) is 0 Å². The highest BCUT2D eigenvalue weighted by Gasteiger charge is 2.58. The van der Waals surface area contributed by atoms with Crippen LogP contribution in [0.15, 0.2) is 49.8 Å². The van der Waals surface area contributed by atoms with Crippen LogP contribution in [0.4, 0.5) is 17.6 Å². The molecule has 0 spiro atoms. The Morgan fingerprint density at radius 1 is 0.885 bits per heavy atom. The van der Waals surface area contributed by atoms with Gasteiger partial charge in [-0.1, -0.05) is 31.4 Å². The SMILES string of the molecule is C=C(CCC(=C)c1ncccn1)c1ccc2c(c1)CC(F)(F)C(F)(F)C2. The van der Waals surface area contributed by atoms with Crippen LogP contribution in [0.3, 0.4) is 0 Å². The van der Waals surface area contributed by atoms with Crippen molar-refractivity contribution in [2.24, 2.45) is 0 Å². The van der Waals surface area contributed by atoms with Crippen molar-refractivity contribution in [2.75, 3.05) is 0 Å². The van der Waals surface area contributed by atoms with Crippen molar-refractivity contribution >= 4 is 11.1 Å². The summed E-state index contributed by atoms with van der Waals surface area (Å²) in [5.41, 5.74) is 2.66. The van der Waals surface area contributed by atoms with Gasteiger partial charge < -0.3 is 0 Å². The summed E-state index contributed by atoms with van der Waals surface area (Å²) in [6.45, 7) is 7.93. The lowest BCUT2D eigenvalue weighted by atomic mass is 9.84. The van der Waals surface area contributed by atoms with Crippen molar-refractivity contribution in [3.8, 4) is 0 Å². The molecule has 1 heterocycles. The fourth-order valence-electron chi connectivity index (χ4n) is 2.96. The molecule has 1 aromatic carbocycles. The highest BCUT2D eigenvalue weighted by atomic mass is 19.3. The summed E-state index contributed by atoms with van der Waals surface area (Å²) in [5, 5.41) is 0. The fourth-order valence-corrected chi connectivity index (χ4v) is 2.96. The Kier molecular flexibility index (Phi) is 4.69. The molecule has 1 aliphatic rings. The van der Waals surface area contributed by atoms with Crippen molar-refractivity contribution in [1.82, 2.24) is 9.97 Å². The second-order valence-electron chi connectivity index (χ2n) is 6.53. The summed E-state index contributed by atoms with van der Waals surface area (Å²) in [6, 6.07) is 6.40. The Morgan fingerprint density at radius 2 is 1.46 bits per heavy atom. The number of benzene rings is 1. The molecule has 0 atom stereocenters. The summed E-state index contributed by atoms with van der Waals surface area (Å²) in [4.78, 5) is 8.24. The van der Waals surface area contributed by atoms with E-state index in [1.54, 1.807) is 30.6 Å². The van der Waals surface area contributed by atoms with Crippen LogP contribution >= 0.6 is 0 Å². The van der Waals surface area contributed by atoms with E-state index in [0.717, 1.165) is 11.1 Å². The van der Waals surface area contributed by atoms with E-state index in [4.69, 9.17) is 0 Å². The third-order valence-electron chi connectivity index (χ3n) is 4.59. The first-order chi connectivity index (χ1) is 12.2. The highest BCUT2D eigenvalue weighted by molar-refractivity contribution is 5.67. The van der Waals surface area contributed by atoms with Crippen molar-refractivity contribution < 1.29 is 17.6 Å². The zero-order valence-electron chi connectivity index (χ0n) is 14.1. The predicted molar refractivity (Wildman–Crippen MR) is 93.1 cm³/mol. The quantitative estimate of drug-likeness (QED) is 0.670. The van der Waals surface area contributed by atoms with Gasteiger partial charge in [-0.3, -0.25) is 0 Å². The molecule has 0 fully saturated rings. The van der Waals surface area contributed by atoms with Gasteiger partial charge in [-0.2, -0.15) is 17.6 Å². The summed E-state index contributed by atoms with van der Waals surface area (Å²) in [5.74, 6) is -7.49. The number of rotatable bonds is 5. The molecule has 0 N–H and O–H groups in total. The van der Waals surface area contributed by atoms with Crippen molar-refractivity contribution in [3.05, 3.63) is 72.3 Å². The minimum Gasteiger partial charge on any atom is -0.237 e. The molecule has 2 aromatic rings. The predicted octanol–water partition coefficient (Wildman–Crippen LogP) is 5.35. The van der Waals surface area contributed by atoms with Gasteiger partial charge in [0.25, 0.3) is 0 Å². The molecule has 26 heavy (non-hydrogen) atoms. The lowest BCUT2D eigenvalue weighted by Crippen LogP contribution is -2.47. The number of alkyl halides is 4. The summed E-state index contributed by atoms with van der Waals surface area (Å²) >= 11 is 0. The first-order valence-electron chi connectivity index (χ1n) is 8.20. The van der Waals surface area contributed by atoms with Gasteiger partial charge in [-0.05, 0) is 46.7 Å². The molecular formula is C20H18F4N2. The van der Waals surface area contributed by atoms with E-state index in [9.17, 15) is 17.6 Å². The molecule has 0 unspecified atom stereocenters. The summed E-state index contributed by atoms with van der Waals surface area (Å²) < 4.78 is 54.3. The molecule has 3 rings (SSSR count). The lowest BCUT2D eigenvalue weighted by molar-refractivity contribution is -0.211. The largest absolute Gasteiger partial charge is 0.314 e. The van der Waals surface area contributed by atoms with Gasteiger partial charge in [0.15, 0.2) is 5.82 Å². The van der Waals surface area contributed by atoms with Gasteiger partial charge in [-0.15, -0.1) is 0 Å². The summed E-state index contributed by atoms with van der Waals surface area (Å²) in [6.07, 6.45) is 2.46. The Balaban J connectivity index is 1.71.